The minimum absolute atomic E-state index is 0.0438. The van der Waals surface area contributed by atoms with Gasteiger partial charge in [0.1, 0.15) is 11.6 Å². The first-order valence-electron chi connectivity index (χ1n) is 7.42. The molecule has 2 rings (SSSR count). The Morgan fingerprint density at radius 2 is 2.00 bits per heavy atom. The van der Waals surface area contributed by atoms with E-state index in [0.717, 1.165) is 11.1 Å². The molecule has 0 unspecified atom stereocenters. The van der Waals surface area contributed by atoms with Crippen LogP contribution in [0.2, 0.25) is 0 Å². The van der Waals surface area contributed by atoms with Crippen LogP contribution < -0.4 is 10.1 Å². The van der Waals surface area contributed by atoms with Crippen molar-refractivity contribution < 1.29 is 14.6 Å². The van der Waals surface area contributed by atoms with Crippen LogP contribution in [-0.4, -0.2) is 18.1 Å². The maximum atomic E-state index is 12.4. The number of nitriles is 1. The number of amides is 1. The Morgan fingerprint density at radius 1 is 1.28 bits per heavy atom. The van der Waals surface area contributed by atoms with E-state index in [1.165, 1.54) is 13.2 Å². The molecule has 0 spiro atoms. The summed E-state index contributed by atoms with van der Waals surface area (Å²) in [6.07, 6.45) is 1.43. The van der Waals surface area contributed by atoms with Gasteiger partial charge in [-0.3, -0.25) is 4.79 Å². The average Bonchev–Trinajstić information content (AvgIpc) is 2.58. The second kappa shape index (κ2) is 7.86. The molecule has 25 heavy (non-hydrogen) atoms. The number of nitrogens with one attached hydrogen (secondary N) is 1. The molecule has 6 heteroatoms. The highest BCUT2D eigenvalue weighted by Gasteiger charge is 2.12. The molecule has 2 N–H and O–H groups in total. The standard InChI is InChI=1S/C19H17BrN2O3/c1-11-4-5-15(6-12(11)2)22-19(24)14(10-21)7-13-8-16(20)18(23)17(9-13)25-3/h4-9,23H,1-3H3,(H,22,24). The summed E-state index contributed by atoms with van der Waals surface area (Å²) in [5.41, 5.74) is 3.28. The summed E-state index contributed by atoms with van der Waals surface area (Å²) in [6, 6.07) is 10.6. The number of methoxy groups -OCH3 is 1. The number of anilines is 1. The van der Waals surface area contributed by atoms with Gasteiger partial charge in [0.05, 0.1) is 11.6 Å². The summed E-state index contributed by atoms with van der Waals surface area (Å²) in [5.74, 6) is -0.306. The molecule has 2 aromatic carbocycles. The lowest BCUT2D eigenvalue weighted by Gasteiger charge is -2.08. The Kier molecular flexibility index (Phi) is 5.84. The Balaban J connectivity index is 2.31. The van der Waals surface area contributed by atoms with Gasteiger partial charge in [-0.05, 0) is 76.8 Å². The molecule has 0 aliphatic carbocycles. The van der Waals surface area contributed by atoms with Crippen LogP contribution in [0, 0.1) is 25.2 Å². The number of benzene rings is 2. The van der Waals surface area contributed by atoms with Crippen molar-refractivity contribution in [3.05, 3.63) is 57.1 Å². The summed E-state index contributed by atoms with van der Waals surface area (Å²) >= 11 is 3.21. The van der Waals surface area contributed by atoms with Crippen LogP contribution in [-0.2, 0) is 4.79 Å². The van der Waals surface area contributed by atoms with Crippen molar-refractivity contribution in [2.24, 2.45) is 0 Å². The van der Waals surface area contributed by atoms with Crippen molar-refractivity contribution >= 4 is 33.6 Å². The van der Waals surface area contributed by atoms with Gasteiger partial charge in [0.15, 0.2) is 11.5 Å². The zero-order chi connectivity index (χ0) is 18.6. The van der Waals surface area contributed by atoms with E-state index >= 15 is 0 Å². The number of phenolic OH excluding ortho intramolecular Hbond substituents is 1. The zero-order valence-corrected chi connectivity index (χ0v) is 15.6. The number of rotatable bonds is 4. The summed E-state index contributed by atoms with van der Waals surface area (Å²) in [5, 5.41) is 21.9. The van der Waals surface area contributed by atoms with Crippen molar-refractivity contribution in [1.82, 2.24) is 0 Å². The van der Waals surface area contributed by atoms with Crippen LogP contribution in [0.3, 0.4) is 0 Å². The average molecular weight is 401 g/mol. The number of aromatic hydroxyl groups is 1. The second-order valence-electron chi connectivity index (χ2n) is 5.48. The third kappa shape index (κ3) is 4.40. The molecule has 128 valence electrons. The Hall–Kier alpha value is -2.78. The van der Waals surface area contributed by atoms with Crippen LogP contribution in [0.15, 0.2) is 40.4 Å². The minimum Gasteiger partial charge on any atom is -0.503 e. The summed E-state index contributed by atoms with van der Waals surface area (Å²) in [6.45, 7) is 3.93. The number of ether oxygens (including phenoxy) is 1. The predicted octanol–water partition coefficient (Wildman–Crippen LogP) is 4.33. The quantitative estimate of drug-likeness (QED) is 0.590. The molecule has 0 atom stereocenters. The number of hydrogen-bond donors (Lipinski definition) is 2. The SMILES string of the molecule is COc1cc(C=C(C#N)C(=O)Nc2ccc(C)c(C)c2)cc(Br)c1O. The fraction of sp³-hybridized carbons (Fsp3) is 0.158. The van der Waals surface area contributed by atoms with Crippen molar-refractivity contribution in [2.45, 2.75) is 13.8 Å². The monoisotopic (exact) mass is 400 g/mol. The highest BCUT2D eigenvalue weighted by Crippen LogP contribution is 2.35. The molecule has 0 heterocycles. The van der Waals surface area contributed by atoms with Crippen LogP contribution in [0.4, 0.5) is 5.69 Å². The molecule has 0 saturated carbocycles. The molecule has 2 aromatic rings. The van der Waals surface area contributed by atoms with E-state index in [-0.39, 0.29) is 17.1 Å². The molecular formula is C19H17BrN2O3. The summed E-state index contributed by atoms with van der Waals surface area (Å²) < 4.78 is 5.48. The largest absolute Gasteiger partial charge is 0.503 e. The first-order valence-corrected chi connectivity index (χ1v) is 8.22. The molecule has 1 amide bonds. The molecule has 0 aromatic heterocycles. The molecular weight excluding hydrogens is 384 g/mol. The van der Waals surface area contributed by atoms with E-state index in [1.807, 2.05) is 32.0 Å². The predicted molar refractivity (Wildman–Crippen MR) is 100 cm³/mol. The van der Waals surface area contributed by atoms with Gasteiger partial charge in [-0.1, -0.05) is 6.07 Å². The fourth-order valence-corrected chi connectivity index (χ4v) is 2.63. The first-order chi connectivity index (χ1) is 11.8. The lowest BCUT2D eigenvalue weighted by Crippen LogP contribution is -2.13. The molecule has 0 bridgehead atoms. The van der Waals surface area contributed by atoms with Crippen molar-refractivity contribution in [3.63, 3.8) is 0 Å². The van der Waals surface area contributed by atoms with Gasteiger partial charge in [0.2, 0.25) is 0 Å². The number of aryl methyl sites for hydroxylation is 2. The zero-order valence-electron chi connectivity index (χ0n) is 14.1. The Bertz CT molecular complexity index is 898. The van der Waals surface area contributed by atoms with E-state index in [9.17, 15) is 15.2 Å². The maximum Gasteiger partial charge on any atom is 0.266 e. The van der Waals surface area contributed by atoms with Crippen molar-refractivity contribution in [1.29, 1.82) is 5.26 Å². The smallest absolute Gasteiger partial charge is 0.266 e. The van der Waals surface area contributed by atoms with E-state index in [0.29, 0.717) is 15.7 Å². The number of carbonyl (C=O) groups excluding carboxylic acids is 1. The van der Waals surface area contributed by atoms with Crippen LogP contribution >= 0.6 is 15.9 Å². The number of nitrogens with zero attached hydrogens (tertiary/aromatic N) is 1. The number of phenols is 1. The van der Waals surface area contributed by atoms with Gasteiger partial charge < -0.3 is 15.2 Å². The van der Waals surface area contributed by atoms with Gasteiger partial charge in [-0.15, -0.1) is 0 Å². The number of hydrogen-bond acceptors (Lipinski definition) is 4. The summed E-state index contributed by atoms with van der Waals surface area (Å²) in [7, 11) is 1.42. The van der Waals surface area contributed by atoms with E-state index in [4.69, 9.17) is 4.74 Å². The lowest BCUT2D eigenvalue weighted by molar-refractivity contribution is -0.112. The molecule has 0 radical (unpaired) electrons. The molecule has 0 aliphatic heterocycles. The molecule has 0 fully saturated rings. The van der Waals surface area contributed by atoms with Crippen LogP contribution in [0.1, 0.15) is 16.7 Å². The van der Waals surface area contributed by atoms with Gasteiger partial charge in [0, 0.05) is 5.69 Å². The van der Waals surface area contributed by atoms with Gasteiger partial charge in [-0.25, -0.2) is 0 Å². The Morgan fingerprint density at radius 3 is 2.60 bits per heavy atom. The van der Waals surface area contributed by atoms with Gasteiger partial charge in [0.25, 0.3) is 5.91 Å². The van der Waals surface area contributed by atoms with Crippen molar-refractivity contribution in [3.8, 4) is 17.6 Å². The third-order valence-electron chi connectivity index (χ3n) is 3.71. The van der Waals surface area contributed by atoms with Crippen LogP contribution in [0.5, 0.6) is 11.5 Å². The number of carbonyl (C=O) groups is 1. The first kappa shape index (κ1) is 18.6. The molecule has 0 aliphatic rings. The molecule has 0 saturated heterocycles. The van der Waals surface area contributed by atoms with Crippen LogP contribution in [0.25, 0.3) is 6.08 Å². The third-order valence-corrected chi connectivity index (χ3v) is 4.32. The Labute approximate surface area is 154 Å². The molecule has 5 nitrogen and oxygen atoms in total. The van der Waals surface area contributed by atoms with E-state index < -0.39 is 5.91 Å². The number of halogens is 1. The maximum absolute atomic E-state index is 12.4. The lowest BCUT2D eigenvalue weighted by atomic mass is 10.1. The van der Waals surface area contributed by atoms with E-state index in [1.54, 1.807) is 18.2 Å². The highest BCUT2D eigenvalue weighted by molar-refractivity contribution is 9.10. The van der Waals surface area contributed by atoms with Gasteiger partial charge in [-0.2, -0.15) is 5.26 Å². The van der Waals surface area contributed by atoms with E-state index in [2.05, 4.69) is 21.2 Å². The fourth-order valence-electron chi connectivity index (χ4n) is 2.17. The summed E-state index contributed by atoms with van der Waals surface area (Å²) in [4.78, 5) is 12.4. The topological polar surface area (TPSA) is 82.3 Å². The second-order valence-corrected chi connectivity index (χ2v) is 6.33. The van der Waals surface area contributed by atoms with Crippen molar-refractivity contribution in [2.75, 3.05) is 12.4 Å². The normalized spacial score (nSPS) is 10.9. The highest BCUT2D eigenvalue weighted by atomic mass is 79.9. The minimum atomic E-state index is -0.506. The van der Waals surface area contributed by atoms with Gasteiger partial charge >= 0.3 is 0 Å².